The number of anilines is 1. The topological polar surface area (TPSA) is 56.1 Å². The van der Waals surface area contributed by atoms with Gasteiger partial charge in [0.25, 0.3) is 0 Å². The second-order valence-corrected chi connectivity index (χ2v) is 7.07. The van der Waals surface area contributed by atoms with E-state index in [9.17, 15) is 31.1 Å². The van der Waals surface area contributed by atoms with E-state index in [0.717, 1.165) is 29.2 Å². The number of halogens is 7. The van der Waals surface area contributed by atoms with Crippen LogP contribution in [0.4, 0.5) is 36.8 Å². The second kappa shape index (κ2) is 8.26. The SMILES string of the molecule is N#Cc1ccc(C2C=C(CBr)N(c3cccc(C(F)(F)F)c3)C(=O)N2)c(C(F)(F)F)c1. The fourth-order valence-electron chi connectivity index (χ4n) is 3.16. The first kappa shape index (κ1) is 22.7. The lowest BCUT2D eigenvalue weighted by Gasteiger charge is -2.33. The molecular weight excluding hydrogens is 492 g/mol. The molecule has 1 N–H and O–H groups in total. The molecule has 2 aromatic rings. The van der Waals surface area contributed by atoms with Gasteiger partial charge in [-0.05, 0) is 42.0 Å². The van der Waals surface area contributed by atoms with Crippen molar-refractivity contribution in [1.82, 2.24) is 5.32 Å². The Bertz CT molecular complexity index is 1090. The lowest BCUT2D eigenvalue weighted by molar-refractivity contribution is -0.138. The van der Waals surface area contributed by atoms with Crippen molar-refractivity contribution >= 4 is 27.6 Å². The number of urea groups is 1. The van der Waals surface area contributed by atoms with Crippen LogP contribution in [0.25, 0.3) is 0 Å². The molecule has 0 aromatic heterocycles. The van der Waals surface area contributed by atoms with Crippen molar-refractivity contribution in [2.24, 2.45) is 0 Å². The molecule has 2 amide bonds. The summed E-state index contributed by atoms with van der Waals surface area (Å²) in [4.78, 5) is 13.7. The van der Waals surface area contributed by atoms with Gasteiger partial charge in [-0.1, -0.05) is 28.1 Å². The van der Waals surface area contributed by atoms with E-state index in [1.54, 1.807) is 6.07 Å². The molecule has 31 heavy (non-hydrogen) atoms. The zero-order valence-corrected chi connectivity index (χ0v) is 16.9. The Balaban J connectivity index is 2.07. The Morgan fingerprint density at radius 3 is 2.35 bits per heavy atom. The maximum absolute atomic E-state index is 13.5. The number of alkyl halides is 7. The fourth-order valence-corrected chi connectivity index (χ4v) is 3.59. The summed E-state index contributed by atoms with van der Waals surface area (Å²) in [5, 5.41) is 11.3. The smallest absolute Gasteiger partial charge is 0.327 e. The van der Waals surface area contributed by atoms with Crippen molar-refractivity contribution < 1.29 is 31.1 Å². The van der Waals surface area contributed by atoms with E-state index in [0.29, 0.717) is 6.07 Å². The Hall–Kier alpha value is -3.00. The number of allylic oxidation sites excluding steroid dienone is 1. The number of nitrogens with zero attached hydrogens (tertiary/aromatic N) is 2. The van der Waals surface area contributed by atoms with Crippen molar-refractivity contribution in [2.75, 3.05) is 10.2 Å². The first-order chi connectivity index (χ1) is 14.5. The summed E-state index contributed by atoms with van der Waals surface area (Å²) in [6, 6.07) is 6.55. The third kappa shape index (κ3) is 4.69. The summed E-state index contributed by atoms with van der Waals surface area (Å²) in [6.45, 7) is 0. The van der Waals surface area contributed by atoms with Crippen LogP contribution in [0.2, 0.25) is 0 Å². The first-order valence-electron chi connectivity index (χ1n) is 8.61. The molecule has 4 nitrogen and oxygen atoms in total. The highest BCUT2D eigenvalue weighted by molar-refractivity contribution is 9.09. The summed E-state index contributed by atoms with van der Waals surface area (Å²) in [5.41, 5.74) is -2.48. The number of carbonyl (C=O) groups is 1. The van der Waals surface area contributed by atoms with Crippen LogP contribution in [0.3, 0.4) is 0 Å². The molecule has 0 fully saturated rings. The molecule has 0 saturated carbocycles. The van der Waals surface area contributed by atoms with E-state index >= 15 is 0 Å². The number of hydrogen-bond donors (Lipinski definition) is 1. The number of amides is 2. The highest BCUT2D eigenvalue weighted by Gasteiger charge is 2.38. The van der Waals surface area contributed by atoms with Crippen molar-refractivity contribution in [3.05, 3.63) is 76.5 Å². The van der Waals surface area contributed by atoms with Gasteiger partial charge in [0.15, 0.2) is 0 Å². The van der Waals surface area contributed by atoms with Gasteiger partial charge in [0.1, 0.15) is 0 Å². The van der Waals surface area contributed by atoms with Crippen LogP contribution in [0.1, 0.15) is 28.3 Å². The van der Waals surface area contributed by atoms with Crippen LogP contribution < -0.4 is 10.2 Å². The highest BCUT2D eigenvalue weighted by Crippen LogP contribution is 2.38. The molecule has 3 rings (SSSR count). The van der Waals surface area contributed by atoms with Gasteiger partial charge in [-0.15, -0.1) is 0 Å². The monoisotopic (exact) mass is 503 g/mol. The van der Waals surface area contributed by atoms with Crippen LogP contribution in [-0.4, -0.2) is 11.4 Å². The molecule has 0 aliphatic carbocycles. The molecular formula is C20H12BrF6N3O. The summed E-state index contributed by atoms with van der Waals surface area (Å²) >= 11 is 3.14. The number of carbonyl (C=O) groups excluding carboxylic acids is 1. The molecule has 0 radical (unpaired) electrons. The van der Waals surface area contributed by atoms with Crippen molar-refractivity contribution in [3.63, 3.8) is 0 Å². The molecule has 1 unspecified atom stereocenters. The summed E-state index contributed by atoms with van der Waals surface area (Å²) < 4.78 is 79.7. The number of nitrogens with one attached hydrogen (secondary N) is 1. The van der Waals surface area contributed by atoms with Gasteiger partial charge in [-0.3, -0.25) is 4.90 Å². The van der Waals surface area contributed by atoms with E-state index in [1.165, 1.54) is 18.2 Å². The third-order valence-corrected chi connectivity index (χ3v) is 5.09. The third-order valence-electron chi connectivity index (χ3n) is 4.52. The largest absolute Gasteiger partial charge is 0.416 e. The van der Waals surface area contributed by atoms with Gasteiger partial charge in [-0.2, -0.15) is 31.6 Å². The number of benzene rings is 2. The lowest BCUT2D eigenvalue weighted by atomic mass is 9.96. The van der Waals surface area contributed by atoms with Gasteiger partial charge in [0, 0.05) is 11.0 Å². The Morgan fingerprint density at radius 2 is 1.77 bits per heavy atom. The predicted octanol–water partition coefficient (Wildman–Crippen LogP) is 6.15. The van der Waals surface area contributed by atoms with Crippen LogP contribution in [0, 0.1) is 11.3 Å². The van der Waals surface area contributed by atoms with E-state index in [1.807, 2.05) is 0 Å². The molecule has 162 valence electrons. The first-order valence-corrected chi connectivity index (χ1v) is 9.73. The van der Waals surface area contributed by atoms with E-state index in [4.69, 9.17) is 5.26 Å². The highest BCUT2D eigenvalue weighted by atomic mass is 79.9. The van der Waals surface area contributed by atoms with Gasteiger partial charge in [0.2, 0.25) is 0 Å². The van der Waals surface area contributed by atoms with Crippen LogP contribution >= 0.6 is 15.9 Å². The molecule has 1 aliphatic heterocycles. The lowest BCUT2D eigenvalue weighted by Crippen LogP contribution is -2.46. The van der Waals surface area contributed by atoms with Crippen molar-refractivity contribution in [1.29, 1.82) is 5.26 Å². The number of hydrogen-bond acceptors (Lipinski definition) is 2. The van der Waals surface area contributed by atoms with Gasteiger partial charge >= 0.3 is 18.4 Å². The Labute approximate surface area is 180 Å². The fraction of sp³-hybridized carbons (Fsp3) is 0.200. The summed E-state index contributed by atoms with van der Waals surface area (Å²) in [6.07, 6.45) is -8.10. The number of rotatable bonds is 3. The van der Waals surface area contributed by atoms with E-state index in [-0.39, 0.29) is 27.8 Å². The maximum Gasteiger partial charge on any atom is 0.416 e. The minimum absolute atomic E-state index is 0.00913. The summed E-state index contributed by atoms with van der Waals surface area (Å²) in [7, 11) is 0. The van der Waals surface area contributed by atoms with Crippen molar-refractivity contribution in [3.8, 4) is 6.07 Å². The molecule has 0 bridgehead atoms. The average Bonchev–Trinajstić information content (AvgIpc) is 2.71. The van der Waals surface area contributed by atoms with Gasteiger partial charge in [0.05, 0.1) is 34.5 Å². The van der Waals surface area contributed by atoms with Crippen LogP contribution in [0.15, 0.2) is 54.2 Å². The molecule has 0 spiro atoms. The van der Waals surface area contributed by atoms with Gasteiger partial charge < -0.3 is 5.32 Å². The molecule has 11 heteroatoms. The Morgan fingerprint density at radius 1 is 1.06 bits per heavy atom. The average molecular weight is 504 g/mol. The van der Waals surface area contributed by atoms with Crippen molar-refractivity contribution in [2.45, 2.75) is 18.4 Å². The zero-order valence-electron chi connectivity index (χ0n) is 15.4. The standard InChI is InChI=1S/C20H12BrF6N3O/c21-9-14-8-17(15-5-4-11(10-28)6-16(15)20(25,26)27)29-18(31)30(14)13-3-1-2-12(7-13)19(22,23)24/h1-8,17H,9H2,(H,29,31). The minimum atomic E-state index is -4.78. The van der Waals surface area contributed by atoms with Crippen LogP contribution in [-0.2, 0) is 12.4 Å². The quantitative estimate of drug-likeness (QED) is 0.403. The van der Waals surface area contributed by atoms with Gasteiger partial charge in [-0.25, -0.2) is 4.79 Å². The molecule has 2 aromatic carbocycles. The van der Waals surface area contributed by atoms with Crippen LogP contribution in [0.5, 0.6) is 0 Å². The van der Waals surface area contributed by atoms with E-state index < -0.39 is 35.6 Å². The molecule has 1 atom stereocenters. The predicted molar refractivity (Wildman–Crippen MR) is 103 cm³/mol. The second-order valence-electron chi connectivity index (χ2n) is 6.51. The summed E-state index contributed by atoms with van der Waals surface area (Å²) in [5.74, 6) is 0. The zero-order chi connectivity index (χ0) is 23.0. The normalized spacial score (nSPS) is 17.1. The van der Waals surface area contributed by atoms with E-state index in [2.05, 4.69) is 21.2 Å². The molecule has 0 saturated heterocycles. The Kier molecular flexibility index (Phi) is 6.04. The maximum atomic E-state index is 13.5. The minimum Gasteiger partial charge on any atom is -0.327 e. The molecule has 1 heterocycles. The molecule has 1 aliphatic rings. The number of nitriles is 1.